The lowest BCUT2D eigenvalue weighted by molar-refractivity contribution is -0.657. The fourth-order valence-corrected chi connectivity index (χ4v) is 8.55. The van der Waals surface area contributed by atoms with Gasteiger partial charge in [0.25, 0.3) is 0 Å². The monoisotopic (exact) mass is 1150 g/mol. The summed E-state index contributed by atoms with van der Waals surface area (Å²) in [5, 5.41) is 1.65. The second kappa shape index (κ2) is 20.5. The van der Waals surface area contributed by atoms with Gasteiger partial charge in [0.1, 0.15) is 6.15 Å². The first-order chi connectivity index (χ1) is 35.0. The Bertz CT molecular complexity index is 2870. The van der Waals surface area contributed by atoms with Crippen molar-refractivity contribution in [2.45, 2.75) is 56.0 Å². The lowest BCUT2D eigenvalue weighted by atomic mass is 9.12. The number of halogens is 25. The molecular weight excluding hydrogens is 1120 g/mol. The van der Waals surface area contributed by atoms with Crippen molar-refractivity contribution in [2.24, 2.45) is 0 Å². The van der Waals surface area contributed by atoms with Crippen molar-refractivity contribution < 1.29 is 115 Å². The van der Waals surface area contributed by atoms with Gasteiger partial charge in [-0.15, -0.1) is 0 Å². The second-order valence-electron chi connectivity index (χ2n) is 16.8. The van der Waals surface area contributed by atoms with Crippen molar-refractivity contribution >= 4 is 56.3 Å². The van der Waals surface area contributed by atoms with E-state index >= 15 is 0 Å². The van der Waals surface area contributed by atoms with Crippen molar-refractivity contribution in [3.05, 3.63) is 195 Å². The van der Waals surface area contributed by atoms with Crippen LogP contribution in [0.5, 0.6) is 0 Å². The van der Waals surface area contributed by atoms with Gasteiger partial charge in [-0.1, -0.05) is 103 Å². The van der Waals surface area contributed by atoms with Crippen molar-refractivity contribution in [2.75, 3.05) is 0 Å². The molecule has 0 fully saturated rings. The maximum atomic E-state index is 14.2. The third-order valence-corrected chi connectivity index (χ3v) is 12.1. The molecule has 0 aliphatic heterocycles. The Labute approximate surface area is 421 Å². The molecule has 1 aromatic heterocycles. The number of hydrogen-bond donors (Lipinski definition) is 0. The topological polar surface area (TPSA) is 20.9 Å². The van der Waals surface area contributed by atoms with Crippen molar-refractivity contribution in [3.8, 4) is 0 Å². The quantitative estimate of drug-likeness (QED) is 0.0674. The van der Waals surface area contributed by atoms with E-state index < -0.39 is 195 Å². The molecule has 7 aromatic rings. The Kier molecular flexibility index (Phi) is 15.8. The minimum Gasteiger partial charge on any atom is -0.287 e. The van der Waals surface area contributed by atoms with Crippen LogP contribution < -0.4 is 26.4 Å². The second-order valence-corrected chi connectivity index (χ2v) is 17.2. The number of fused-ring (bicyclic) bond motifs is 1. The first-order valence-corrected chi connectivity index (χ1v) is 21.4. The highest BCUT2D eigenvalue weighted by molar-refractivity contribution is 7.20. The van der Waals surface area contributed by atoms with Crippen LogP contribution in [0.15, 0.2) is 140 Å². The van der Waals surface area contributed by atoms with E-state index in [9.17, 15) is 110 Å². The molecule has 0 atom stereocenters. The number of benzene rings is 6. The highest BCUT2D eigenvalue weighted by Gasteiger charge is 2.47. The van der Waals surface area contributed by atoms with Gasteiger partial charge in [0, 0.05) is 17.7 Å². The van der Waals surface area contributed by atoms with Crippen LogP contribution in [0.1, 0.15) is 54.9 Å². The van der Waals surface area contributed by atoms with E-state index in [0.29, 0.717) is 11.6 Å². The number of Topliss-reactive ketones (excluding diaryl/α,β-unsaturated/α-hetero) is 1. The molecule has 0 bridgehead atoms. The Morgan fingerprint density at radius 2 is 0.623 bits per heavy atom. The minimum absolute atomic E-state index is 0.0862. The van der Waals surface area contributed by atoms with Crippen LogP contribution >= 0.6 is 11.6 Å². The number of ketones is 1. The van der Waals surface area contributed by atoms with Gasteiger partial charge in [-0.2, -0.15) is 132 Å². The van der Waals surface area contributed by atoms with E-state index in [4.69, 9.17) is 11.6 Å². The average Bonchev–Trinajstić information content (AvgIpc) is 3.31. The van der Waals surface area contributed by atoms with E-state index in [1.54, 1.807) is 0 Å². The number of hydrogen-bond acceptors (Lipinski definition) is 1. The maximum Gasteiger partial charge on any atom is 0.416 e. The number of nitrogens with zero attached hydrogens (tertiary/aromatic N) is 1. The molecule has 1 heterocycles. The summed E-state index contributed by atoms with van der Waals surface area (Å²) in [5.41, 5.74) is -28.5. The highest BCUT2D eigenvalue weighted by Crippen LogP contribution is 2.41. The van der Waals surface area contributed by atoms with Gasteiger partial charge in [-0.3, -0.25) is 4.79 Å². The van der Waals surface area contributed by atoms with Crippen LogP contribution in [-0.4, -0.2) is 11.9 Å². The Morgan fingerprint density at radius 1 is 0.364 bits per heavy atom. The van der Waals surface area contributed by atoms with Gasteiger partial charge in [0.15, 0.2) is 6.20 Å². The molecule has 0 aliphatic rings. The van der Waals surface area contributed by atoms with Gasteiger partial charge in [0.05, 0.1) is 54.9 Å². The minimum atomic E-state index is -6.13. The van der Waals surface area contributed by atoms with Crippen LogP contribution in [0, 0.1) is 0 Å². The van der Waals surface area contributed by atoms with Crippen LogP contribution in [-0.2, 0) is 56.0 Å². The summed E-state index contributed by atoms with van der Waals surface area (Å²) in [6.07, 6.45) is -53.0. The standard InChI is InChI=1S/C32H12BF24.C17H13ClNO/c34-25(35,36)13-1-14(26(37,38)39)6-21(5-13)33(22-7-15(27(40,41)42)2-16(8-22)28(43,44)45,23-9-17(29(46,47)48)3-18(10-23)30(49,50)51)24-11-19(31(52,53)54)4-20(12-24)32(55,56)57;18-15-10-11-19(16-9-5-4-8-14(15)16)12-17(20)13-6-2-1-3-7-13/h1-12H;1-11H,12H2/q-1;+1. The lowest BCUT2D eigenvalue weighted by Crippen LogP contribution is -2.75. The zero-order valence-corrected chi connectivity index (χ0v) is 38.1. The van der Waals surface area contributed by atoms with Gasteiger partial charge in [-0.05, 0) is 30.3 Å². The number of pyridine rings is 1. The lowest BCUT2D eigenvalue weighted by Gasteiger charge is -2.46. The number of para-hydroxylation sites is 1. The molecule has 0 radical (unpaired) electrons. The summed E-state index contributed by atoms with van der Waals surface area (Å²) < 4.78 is 343. The molecule has 7 rings (SSSR count). The van der Waals surface area contributed by atoms with Crippen molar-refractivity contribution in [1.82, 2.24) is 0 Å². The molecule has 0 saturated carbocycles. The van der Waals surface area contributed by atoms with E-state index in [1.807, 2.05) is 71.4 Å². The number of carbonyl (C=O) groups excluding carboxylic acids is 1. The predicted molar refractivity (Wildman–Crippen MR) is 230 cm³/mol. The SMILES string of the molecule is FC(F)(F)c1cc([B-](c2cc(C(F)(F)F)cc(C(F)(F)F)c2)(c2cc(C(F)(F)F)cc(C(F)(F)F)c2)c2cc(C(F)(F)F)cc(C(F)(F)F)c2)cc(C(F)(F)F)c1.O=C(C[n+]1ccc(Cl)c2ccccc21)c1ccccc1. The molecule has 0 spiro atoms. The van der Waals surface area contributed by atoms with Crippen LogP contribution in [0.2, 0.25) is 5.02 Å². The largest absolute Gasteiger partial charge is 0.416 e. The smallest absolute Gasteiger partial charge is 0.287 e. The molecule has 0 aliphatic carbocycles. The molecule has 410 valence electrons. The predicted octanol–water partition coefficient (Wildman–Crippen LogP) is 14.9. The van der Waals surface area contributed by atoms with E-state index in [2.05, 4.69) is 0 Å². The molecule has 0 unspecified atom stereocenters. The summed E-state index contributed by atoms with van der Waals surface area (Å²) in [6, 6.07) is 10.1. The molecule has 2 nitrogen and oxygen atoms in total. The summed E-state index contributed by atoms with van der Waals surface area (Å²) in [4.78, 5) is 12.3. The van der Waals surface area contributed by atoms with Crippen molar-refractivity contribution in [3.63, 3.8) is 0 Å². The normalized spacial score (nSPS) is 13.4. The number of alkyl halides is 24. The fourth-order valence-electron chi connectivity index (χ4n) is 8.33. The summed E-state index contributed by atoms with van der Waals surface area (Å²) >= 11 is 6.18. The summed E-state index contributed by atoms with van der Waals surface area (Å²) in [5.74, 6) is 0.0862. The third kappa shape index (κ3) is 13.3. The molecule has 6 aromatic carbocycles. The van der Waals surface area contributed by atoms with Gasteiger partial charge in [0.2, 0.25) is 17.8 Å². The Hall–Kier alpha value is -6.93. The Balaban J connectivity index is 0.000000397. The molecule has 0 N–H and O–H groups in total. The Morgan fingerprint density at radius 3 is 0.896 bits per heavy atom. The van der Waals surface area contributed by atoms with Crippen LogP contribution in [0.25, 0.3) is 10.9 Å². The zero-order valence-electron chi connectivity index (χ0n) is 37.4. The summed E-state index contributed by atoms with van der Waals surface area (Å²) in [7, 11) is 0. The molecular formula is C49H25BClF24NO. The maximum absolute atomic E-state index is 14.2. The molecule has 28 heteroatoms. The molecule has 0 saturated heterocycles. The van der Waals surface area contributed by atoms with E-state index in [0.717, 1.165) is 16.5 Å². The van der Waals surface area contributed by atoms with Crippen molar-refractivity contribution in [1.29, 1.82) is 0 Å². The highest BCUT2D eigenvalue weighted by atomic mass is 35.5. The zero-order chi connectivity index (χ0) is 57.9. The molecule has 77 heavy (non-hydrogen) atoms. The number of carbonyl (C=O) groups is 1. The van der Waals surface area contributed by atoms with Gasteiger partial charge in [-0.25, -0.2) is 0 Å². The average molecular weight is 1150 g/mol. The number of aromatic nitrogens is 1. The first kappa shape index (κ1) is 59.3. The first-order valence-electron chi connectivity index (χ1n) is 21.0. The fraction of sp³-hybridized carbons (Fsp3) is 0.184. The van der Waals surface area contributed by atoms with Crippen LogP contribution in [0.3, 0.4) is 0 Å². The molecule has 0 amide bonds. The van der Waals surface area contributed by atoms with Gasteiger partial charge < -0.3 is 0 Å². The summed E-state index contributed by atoms with van der Waals surface area (Å²) in [6.45, 7) is 0.307. The number of rotatable bonds is 7. The van der Waals surface area contributed by atoms with E-state index in [-0.39, 0.29) is 5.78 Å². The van der Waals surface area contributed by atoms with E-state index in [1.165, 1.54) is 0 Å². The third-order valence-electron chi connectivity index (χ3n) is 11.7. The van der Waals surface area contributed by atoms with Gasteiger partial charge >= 0.3 is 49.4 Å². The van der Waals surface area contributed by atoms with Crippen LogP contribution in [0.4, 0.5) is 105 Å².